The van der Waals surface area contributed by atoms with Gasteiger partial charge in [0.25, 0.3) is 0 Å². The van der Waals surface area contributed by atoms with E-state index >= 15 is 0 Å². The fourth-order valence-electron chi connectivity index (χ4n) is 2.08. The van der Waals surface area contributed by atoms with E-state index in [-0.39, 0.29) is 0 Å². The van der Waals surface area contributed by atoms with Gasteiger partial charge in [-0.2, -0.15) is 0 Å². The summed E-state index contributed by atoms with van der Waals surface area (Å²) < 4.78 is 0.954. The molecular weight excluding hydrogens is 260 g/mol. The van der Waals surface area contributed by atoms with Gasteiger partial charge < -0.3 is 4.90 Å². The largest absolute Gasteiger partial charge is 0.351 e. The quantitative estimate of drug-likeness (QED) is 0.839. The number of halogens is 1. The predicted octanol–water partition coefficient (Wildman–Crippen LogP) is 3.53. The number of hydrogen-bond donors (Lipinski definition) is 0. The zero-order valence-electron chi connectivity index (χ0n) is 8.37. The van der Waals surface area contributed by atoms with Gasteiger partial charge in [-0.25, -0.2) is 4.98 Å². The number of hydrogen-bond acceptors (Lipinski definition) is 3. The normalized spacial score (nSPS) is 17.6. The molecule has 1 heterocycles. The Kier molecular flexibility index (Phi) is 3.44. The van der Waals surface area contributed by atoms with E-state index in [2.05, 4.69) is 32.9 Å². The highest BCUT2D eigenvalue weighted by atomic mass is 79.9. The molecule has 1 fully saturated rings. The lowest BCUT2D eigenvalue weighted by Crippen LogP contribution is -2.23. The molecule has 0 N–H and O–H groups in total. The minimum Gasteiger partial charge on any atom is -0.351 e. The van der Waals surface area contributed by atoms with Gasteiger partial charge in [-0.1, -0.05) is 12.8 Å². The van der Waals surface area contributed by atoms with Crippen LogP contribution in [0, 0.1) is 5.92 Å². The molecule has 1 saturated carbocycles. The van der Waals surface area contributed by atoms with Gasteiger partial charge in [-0.15, -0.1) is 11.3 Å². The van der Waals surface area contributed by atoms with Crippen LogP contribution in [-0.2, 0) is 0 Å². The molecule has 1 aromatic heterocycles. The van der Waals surface area contributed by atoms with Gasteiger partial charge in [0.1, 0.15) is 4.60 Å². The molecule has 0 saturated heterocycles. The van der Waals surface area contributed by atoms with E-state index in [1.54, 1.807) is 11.3 Å². The lowest BCUT2D eigenvalue weighted by Gasteiger charge is -2.19. The van der Waals surface area contributed by atoms with Crippen molar-refractivity contribution in [3.8, 4) is 0 Å². The van der Waals surface area contributed by atoms with Crippen molar-refractivity contribution in [2.45, 2.75) is 25.7 Å². The molecule has 0 aromatic carbocycles. The van der Waals surface area contributed by atoms with Crippen molar-refractivity contribution in [3.63, 3.8) is 0 Å². The SMILES string of the molecule is CN(CC1CCCC1)c1nc(Br)cs1. The van der Waals surface area contributed by atoms with E-state index < -0.39 is 0 Å². The first-order valence-electron chi connectivity index (χ1n) is 5.08. The van der Waals surface area contributed by atoms with E-state index in [4.69, 9.17) is 0 Å². The van der Waals surface area contributed by atoms with Crippen LogP contribution in [0.4, 0.5) is 5.13 Å². The van der Waals surface area contributed by atoms with Crippen LogP contribution >= 0.6 is 27.3 Å². The first-order chi connectivity index (χ1) is 6.75. The lowest BCUT2D eigenvalue weighted by atomic mass is 10.1. The molecule has 1 aromatic rings. The predicted molar refractivity (Wildman–Crippen MR) is 65.0 cm³/mol. The van der Waals surface area contributed by atoms with Crippen LogP contribution in [0.1, 0.15) is 25.7 Å². The highest BCUT2D eigenvalue weighted by molar-refractivity contribution is 9.10. The molecule has 0 bridgehead atoms. The van der Waals surface area contributed by atoms with Crippen LogP contribution in [0.15, 0.2) is 9.98 Å². The maximum atomic E-state index is 4.41. The number of anilines is 1. The summed E-state index contributed by atoms with van der Waals surface area (Å²) in [6.07, 6.45) is 5.63. The van der Waals surface area contributed by atoms with Crippen molar-refractivity contribution < 1.29 is 0 Å². The number of nitrogens with zero attached hydrogens (tertiary/aromatic N) is 2. The highest BCUT2D eigenvalue weighted by Gasteiger charge is 2.17. The molecule has 2 rings (SSSR count). The van der Waals surface area contributed by atoms with Crippen molar-refractivity contribution in [1.29, 1.82) is 0 Å². The molecule has 0 unspecified atom stereocenters. The van der Waals surface area contributed by atoms with Crippen LogP contribution in [0.25, 0.3) is 0 Å². The third-order valence-electron chi connectivity index (χ3n) is 2.80. The standard InChI is InChI=1S/C10H15BrN2S/c1-13(6-8-4-2-3-5-8)10-12-9(11)7-14-10/h7-8H,2-6H2,1H3. The Morgan fingerprint density at radius 1 is 1.57 bits per heavy atom. The molecular formula is C10H15BrN2S. The van der Waals surface area contributed by atoms with E-state index in [0.29, 0.717) is 0 Å². The van der Waals surface area contributed by atoms with Crippen molar-refractivity contribution in [2.24, 2.45) is 5.92 Å². The molecule has 0 spiro atoms. The average Bonchev–Trinajstić information content (AvgIpc) is 2.75. The van der Waals surface area contributed by atoms with Crippen LogP contribution in [0.2, 0.25) is 0 Å². The van der Waals surface area contributed by atoms with Gasteiger partial charge in [0, 0.05) is 19.0 Å². The van der Waals surface area contributed by atoms with Crippen LogP contribution in [0.5, 0.6) is 0 Å². The highest BCUT2D eigenvalue weighted by Crippen LogP contribution is 2.28. The fraction of sp³-hybridized carbons (Fsp3) is 0.700. The van der Waals surface area contributed by atoms with E-state index in [9.17, 15) is 0 Å². The summed E-state index contributed by atoms with van der Waals surface area (Å²) in [5.41, 5.74) is 0. The topological polar surface area (TPSA) is 16.1 Å². The summed E-state index contributed by atoms with van der Waals surface area (Å²) in [6, 6.07) is 0. The summed E-state index contributed by atoms with van der Waals surface area (Å²) in [7, 11) is 2.14. The Bertz CT molecular complexity index is 294. The second-order valence-corrected chi connectivity index (χ2v) is 5.63. The molecule has 14 heavy (non-hydrogen) atoms. The minimum atomic E-state index is 0.891. The van der Waals surface area contributed by atoms with Gasteiger partial charge >= 0.3 is 0 Å². The van der Waals surface area contributed by atoms with Gasteiger partial charge in [0.05, 0.1) is 0 Å². The summed E-state index contributed by atoms with van der Waals surface area (Å²) in [6.45, 7) is 1.17. The van der Waals surface area contributed by atoms with Crippen molar-refractivity contribution in [2.75, 3.05) is 18.5 Å². The summed E-state index contributed by atoms with van der Waals surface area (Å²) >= 11 is 5.09. The molecule has 0 aliphatic heterocycles. The number of rotatable bonds is 3. The fourth-order valence-corrected chi connectivity index (χ4v) is 3.31. The van der Waals surface area contributed by atoms with E-state index in [1.165, 1.54) is 32.2 Å². The van der Waals surface area contributed by atoms with Crippen LogP contribution in [-0.4, -0.2) is 18.6 Å². The average molecular weight is 275 g/mol. The van der Waals surface area contributed by atoms with Gasteiger partial charge in [0.2, 0.25) is 0 Å². The third-order valence-corrected chi connectivity index (χ3v) is 4.46. The zero-order valence-corrected chi connectivity index (χ0v) is 10.8. The monoisotopic (exact) mass is 274 g/mol. The van der Waals surface area contributed by atoms with Crippen molar-refractivity contribution in [1.82, 2.24) is 4.98 Å². The molecule has 78 valence electrons. The molecule has 0 atom stereocenters. The Morgan fingerprint density at radius 3 is 2.86 bits per heavy atom. The maximum Gasteiger partial charge on any atom is 0.186 e. The Morgan fingerprint density at radius 2 is 2.29 bits per heavy atom. The lowest BCUT2D eigenvalue weighted by molar-refractivity contribution is 0.546. The molecule has 1 aliphatic carbocycles. The molecule has 0 amide bonds. The molecule has 0 radical (unpaired) electrons. The Hall–Kier alpha value is -0.0900. The van der Waals surface area contributed by atoms with Crippen LogP contribution in [0.3, 0.4) is 0 Å². The number of thiazole rings is 1. The second kappa shape index (κ2) is 4.62. The van der Waals surface area contributed by atoms with Gasteiger partial charge in [-0.3, -0.25) is 0 Å². The zero-order chi connectivity index (χ0) is 9.97. The van der Waals surface area contributed by atoms with Crippen molar-refractivity contribution >= 4 is 32.4 Å². The molecule has 1 aliphatic rings. The Balaban J connectivity index is 1.91. The summed E-state index contributed by atoms with van der Waals surface area (Å²) in [5.74, 6) is 0.891. The second-order valence-electron chi connectivity index (χ2n) is 3.98. The first kappa shape index (κ1) is 10.4. The summed E-state index contributed by atoms with van der Waals surface area (Å²) in [4.78, 5) is 6.70. The number of aromatic nitrogens is 1. The van der Waals surface area contributed by atoms with Gasteiger partial charge in [0.15, 0.2) is 5.13 Å². The van der Waals surface area contributed by atoms with Gasteiger partial charge in [-0.05, 0) is 34.7 Å². The van der Waals surface area contributed by atoms with E-state index in [0.717, 1.165) is 15.7 Å². The Labute approximate surface area is 97.5 Å². The molecule has 2 nitrogen and oxygen atoms in total. The minimum absolute atomic E-state index is 0.891. The smallest absolute Gasteiger partial charge is 0.186 e. The third kappa shape index (κ3) is 2.48. The summed E-state index contributed by atoms with van der Waals surface area (Å²) in [5, 5.41) is 3.17. The maximum absolute atomic E-state index is 4.41. The van der Waals surface area contributed by atoms with E-state index in [1.807, 2.05) is 5.38 Å². The molecule has 4 heteroatoms. The van der Waals surface area contributed by atoms with Crippen molar-refractivity contribution in [3.05, 3.63) is 9.98 Å². The first-order valence-corrected chi connectivity index (χ1v) is 6.75. The van der Waals surface area contributed by atoms with Crippen LogP contribution < -0.4 is 4.90 Å².